The average Bonchev–Trinajstić information content (AvgIpc) is 3.14. The lowest BCUT2D eigenvalue weighted by Gasteiger charge is -2.33. The Labute approximate surface area is 164 Å². The summed E-state index contributed by atoms with van der Waals surface area (Å²) in [5.41, 5.74) is -2.35. The summed E-state index contributed by atoms with van der Waals surface area (Å²) in [6.45, 7) is -0.483. The van der Waals surface area contributed by atoms with Gasteiger partial charge in [0.25, 0.3) is 11.7 Å². The number of anilines is 1. The second kappa shape index (κ2) is 6.57. The van der Waals surface area contributed by atoms with Gasteiger partial charge in [-0.3, -0.25) is 24.6 Å². The first-order chi connectivity index (χ1) is 13.9. The summed E-state index contributed by atoms with van der Waals surface area (Å²) in [6, 6.07) is 13.0. The number of hydrogen-bond donors (Lipinski definition) is 4. The van der Waals surface area contributed by atoms with E-state index in [-0.39, 0.29) is 16.8 Å². The fraction of sp³-hybridized carbons (Fsp3) is 0.100. The highest BCUT2D eigenvalue weighted by Gasteiger charge is 2.66. The highest BCUT2D eigenvalue weighted by Crippen LogP contribution is 2.41. The largest absolute Gasteiger partial charge is 0.507 e. The maximum Gasteiger partial charge on any atom is 0.324 e. The molecule has 2 aromatic carbocycles. The van der Waals surface area contributed by atoms with Crippen molar-refractivity contribution < 1.29 is 29.4 Å². The van der Waals surface area contributed by atoms with Crippen molar-refractivity contribution in [2.75, 3.05) is 4.90 Å². The van der Waals surface area contributed by atoms with Gasteiger partial charge in [0.2, 0.25) is 5.66 Å². The monoisotopic (exact) mass is 393 g/mol. The Bertz CT molecular complexity index is 1090. The van der Waals surface area contributed by atoms with E-state index in [1.807, 2.05) is 5.32 Å². The Morgan fingerprint density at radius 3 is 2.24 bits per heavy atom. The molecule has 2 fully saturated rings. The summed E-state index contributed by atoms with van der Waals surface area (Å²) in [7, 11) is 0. The number of rotatable bonds is 3. The van der Waals surface area contributed by atoms with Crippen molar-refractivity contribution in [2.24, 2.45) is 0 Å². The SMILES string of the molecule is O=C1NC(=O)C2(N1)/C(=C(\O)c1ccccc1)C(=O)C(=O)N2c1ccccc1CO. The number of ketones is 1. The Morgan fingerprint density at radius 1 is 0.966 bits per heavy atom. The number of carbonyl (C=O) groups is 4. The van der Waals surface area contributed by atoms with Crippen molar-refractivity contribution in [2.45, 2.75) is 12.3 Å². The number of Topliss-reactive ketones (excluding diaryl/α,β-unsaturated/α-hetero) is 1. The molecule has 9 nitrogen and oxygen atoms in total. The Balaban J connectivity index is 2.04. The minimum absolute atomic E-state index is 0.0570. The van der Waals surface area contributed by atoms with Gasteiger partial charge in [0.15, 0.2) is 0 Å². The van der Waals surface area contributed by atoms with Crippen LogP contribution >= 0.6 is 0 Å². The van der Waals surface area contributed by atoms with Crippen molar-refractivity contribution >= 4 is 35.1 Å². The van der Waals surface area contributed by atoms with Crippen molar-refractivity contribution in [3.63, 3.8) is 0 Å². The number of para-hydroxylation sites is 1. The van der Waals surface area contributed by atoms with Crippen LogP contribution in [0.3, 0.4) is 0 Å². The van der Waals surface area contributed by atoms with Crippen LogP contribution in [-0.2, 0) is 21.0 Å². The van der Waals surface area contributed by atoms with Gasteiger partial charge in [-0.05, 0) is 6.07 Å². The lowest BCUT2D eigenvalue weighted by molar-refractivity contribution is -0.132. The topological polar surface area (TPSA) is 136 Å². The zero-order valence-electron chi connectivity index (χ0n) is 14.9. The summed E-state index contributed by atoms with van der Waals surface area (Å²) in [4.78, 5) is 51.6. The predicted octanol–water partition coefficient (Wildman–Crippen LogP) is 0.600. The lowest BCUT2D eigenvalue weighted by Crippen LogP contribution is -2.60. The summed E-state index contributed by atoms with van der Waals surface area (Å²) >= 11 is 0. The van der Waals surface area contributed by atoms with Crippen molar-refractivity contribution in [3.05, 3.63) is 71.3 Å². The van der Waals surface area contributed by atoms with Gasteiger partial charge in [0, 0.05) is 11.1 Å². The standard InChI is InChI=1S/C20H15N3O6/c24-10-12-8-4-5-9-13(12)23-17(27)16(26)14(15(25)11-6-2-1-3-7-11)20(23)18(28)21-19(29)22-20/h1-9,24-25H,10H2,(H2,21,22,28,29)/b15-14-. The van der Waals surface area contributed by atoms with E-state index in [1.54, 1.807) is 30.3 Å². The van der Waals surface area contributed by atoms with Gasteiger partial charge in [-0.1, -0.05) is 48.5 Å². The third-order valence-electron chi connectivity index (χ3n) is 4.86. The molecule has 0 bridgehead atoms. The van der Waals surface area contributed by atoms with Crippen LogP contribution in [0.5, 0.6) is 0 Å². The normalized spacial score (nSPS) is 22.9. The third kappa shape index (κ3) is 2.52. The zero-order chi connectivity index (χ0) is 20.8. The van der Waals surface area contributed by atoms with E-state index < -0.39 is 47.2 Å². The molecule has 1 unspecified atom stereocenters. The lowest BCUT2D eigenvalue weighted by atomic mass is 9.94. The molecule has 4 amide bonds. The first-order valence-corrected chi connectivity index (χ1v) is 8.62. The van der Waals surface area contributed by atoms with E-state index in [1.165, 1.54) is 24.3 Å². The number of amides is 4. The zero-order valence-corrected chi connectivity index (χ0v) is 14.9. The maximum absolute atomic E-state index is 13.0. The Kier molecular flexibility index (Phi) is 4.16. The van der Waals surface area contributed by atoms with Crippen LogP contribution in [0.4, 0.5) is 10.5 Å². The van der Waals surface area contributed by atoms with Crippen LogP contribution in [0, 0.1) is 0 Å². The van der Waals surface area contributed by atoms with Gasteiger partial charge in [-0.15, -0.1) is 0 Å². The maximum atomic E-state index is 13.0. The van der Waals surface area contributed by atoms with E-state index in [0.29, 0.717) is 0 Å². The van der Waals surface area contributed by atoms with Gasteiger partial charge in [0.05, 0.1) is 12.3 Å². The number of nitrogens with zero attached hydrogens (tertiary/aromatic N) is 1. The van der Waals surface area contributed by atoms with Crippen molar-refractivity contribution in [3.8, 4) is 0 Å². The number of carbonyl (C=O) groups excluding carboxylic acids is 4. The van der Waals surface area contributed by atoms with E-state index in [9.17, 15) is 29.4 Å². The number of nitrogens with one attached hydrogen (secondary N) is 2. The van der Waals surface area contributed by atoms with E-state index >= 15 is 0 Å². The molecule has 0 radical (unpaired) electrons. The number of aliphatic hydroxyl groups excluding tert-OH is 2. The van der Waals surface area contributed by atoms with Crippen molar-refractivity contribution in [1.82, 2.24) is 10.6 Å². The summed E-state index contributed by atoms with van der Waals surface area (Å²) < 4.78 is 0. The second-order valence-electron chi connectivity index (χ2n) is 6.46. The molecule has 9 heteroatoms. The molecule has 2 saturated heterocycles. The van der Waals surface area contributed by atoms with E-state index in [4.69, 9.17) is 0 Å². The van der Waals surface area contributed by atoms with Gasteiger partial charge in [0.1, 0.15) is 11.3 Å². The molecule has 0 aliphatic carbocycles. The van der Waals surface area contributed by atoms with E-state index in [2.05, 4.69) is 5.32 Å². The quantitative estimate of drug-likeness (QED) is 0.261. The van der Waals surface area contributed by atoms with Crippen LogP contribution in [0.15, 0.2) is 60.2 Å². The predicted molar refractivity (Wildman–Crippen MR) is 100 cm³/mol. The molecule has 0 aromatic heterocycles. The smallest absolute Gasteiger partial charge is 0.324 e. The summed E-state index contributed by atoms with van der Waals surface area (Å²) in [6.07, 6.45) is 0. The van der Waals surface area contributed by atoms with Crippen LogP contribution < -0.4 is 15.5 Å². The molecule has 2 aromatic rings. The van der Waals surface area contributed by atoms with Crippen molar-refractivity contribution in [1.29, 1.82) is 0 Å². The number of aliphatic hydroxyl groups is 2. The van der Waals surface area contributed by atoms with Crippen LogP contribution in [0.2, 0.25) is 0 Å². The molecular weight excluding hydrogens is 378 g/mol. The second-order valence-corrected chi connectivity index (χ2v) is 6.46. The molecule has 146 valence electrons. The van der Waals surface area contributed by atoms with Crippen LogP contribution in [0.25, 0.3) is 5.76 Å². The summed E-state index contributed by atoms with van der Waals surface area (Å²) in [5.74, 6) is -3.87. The first kappa shape index (κ1) is 18.4. The Morgan fingerprint density at radius 2 is 1.62 bits per heavy atom. The minimum Gasteiger partial charge on any atom is -0.507 e. The number of hydrogen-bond acceptors (Lipinski definition) is 6. The number of imide groups is 1. The fourth-order valence-electron chi connectivity index (χ4n) is 3.59. The molecule has 2 aliphatic rings. The molecule has 0 saturated carbocycles. The molecule has 1 spiro atoms. The van der Waals surface area contributed by atoms with E-state index in [0.717, 1.165) is 4.90 Å². The average molecular weight is 393 g/mol. The van der Waals surface area contributed by atoms with Crippen LogP contribution in [0.1, 0.15) is 11.1 Å². The third-order valence-corrected chi connectivity index (χ3v) is 4.86. The first-order valence-electron chi connectivity index (χ1n) is 8.62. The van der Waals surface area contributed by atoms with Gasteiger partial charge in [-0.25, -0.2) is 4.79 Å². The minimum atomic E-state index is -2.28. The summed E-state index contributed by atoms with van der Waals surface area (Å²) in [5, 5.41) is 24.8. The molecule has 2 aliphatic heterocycles. The molecule has 4 N–H and O–H groups in total. The highest BCUT2D eigenvalue weighted by atomic mass is 16.3. The molecule has 1 atom stereocenters. The molecule has 29 heavy (non-hydrogen) atoms. The highest BCUT2D eigenvalue weighted by molar-refractivity contribution is 6.55. The molecular formula is C20H15N3O6. The number of urea groups is 1. The fourth-order valence-corrected chi connectivity index (χ4v) is 3.59. The van der Waals surface area contributed by atoms with Gasteiger partial charge >= 0.3 is 11.9 Å². The Hall–Kier alpha value is -3.98. The molecule has 4 rings (SSSR count). The van der Waals surface area contributed by atoms with Gasteiger partial charge in [-0.2, -0.15) is 0 Å². The van der Waals surface area contributed by atoms with Gasteiger partial charge < -0.3 is 15.5 Å². The molecule has 2 heterocycles. The van der Waals surface area contributed by atoms with Crippen LogP contribution in [-0.4, -0.2) is 39.5 Å². The number of benzene rings is 2.